The number of halogens is 3. The van der Waals surface area contributed by atoms with Crippen molar-refractivity contribution in [2.75, 3.05) is 25.1 Å². The van der Waals surface area contributed by atoms with E-state index in [9.17, 15) is 18.0 Å². The molecule has 1 amide bonds. The second-order valence-electron chi connectivity index (χ2n) is 3.46. The van der Waals surface area contributed by atoms with Crippen molar-refractivity contribution in [3.05, 3.63) is 0 Å². The van der Waals surface area contributed by atoms with E-state index in [1.165, 1.54) is 0 Å². The van der Waals surface area contributed by atoms with Gasteiger partial charge in [0.1, 0.15) is 6.54 Å². The van der Waals surface area contributed by atoms with Gasteiger partial charge in [-0.2, -0.15) is 24.9 Å². The van der Waals surface area contributed by atoms with E-state index in [0.717, 1.165) is 12.2 Å². The lowest BCUT2D eigenvalue weighted by Gasteiger charge is -2.13. The second-order valence-corrected chi connectivity index (χ2v) is 4.44. The number of amides is 1. The summed E-state index contributed by atoms with van der Waals surface area (Å²) >= 11 is 1.69. The summed E-state index contributed by atoms with van der Waals surface area (Å²) in [6.45, 7) is 0.547. The maximum Gasteiger partial charge on any atom is 0.405 e. The molecule has 96 valence electrons. The van der Waals surface area contributed by atoms with E-state index in [1.807, 2.05) is 13.2 Å². The van der Waals surface area contributed by atoms with Crippen molar-refractivity contribution in [2.24, 2.45) is 0 Å². The number of thioether (sulfide) groups is 1. The van der Waals surface area contributed by atoms with Crippen LogP contribution in [0.5, 0.6) is 0 Å². The van der Waals surface area contributed by atoms with Crippen LogP contribution in [0.2, 0.25) is 0 Å². The first-order valence-electron chi connectivity index (χ1n) is 4.91. The maximum absolute atomic E-state index is 11.7. The highest BCUT2D eigenvalue weighted by Gasteiger charge is 2.27. The van der Waals surface area contributed by atoms with E-state index >= 15 is 0 Å². The first-order valence-corrected chi connectivity index (χ1v) is 6.30. The fourth-order valence-electron chi connectivity index (χ4n) is 0.925. The van der Waals surface area contributed by atoms with Gasteiger partial charge in [0, 0.05) is 6.04 Å². The van der Waals surface area contributed by atoms with Crippen molar-refractivity contribution >= 4 is 17.7 Å². The minimum Gasteiger partial charge on any atom is -0.346 e. The topological polar surface area (TPSA) is 41.1 Å². The predicted molar refractivity (Wildman–Crippen MR) is 59.5 cm³/mol. The van der Waals surface area contributed by atoms with E-state index in [0.29, 0.717) is 0 Å². The zero-order valence-electron chi connectivity index (χ0n) is 9.36. The Kier molecular flexibility index (Phi) is 7.57. The third-order valence-corrected chi connectivity index (χ3v) is 2.50. The second kappa shape index (κ2) is 7.78. The molecule has 0 rings (SSSR count). The van der Waals surface area contributed by atoms with E-state index in [-0.39, 0.29) is 12.6 Å². The molecule has 0 spiro atoms. The van der Waals surface area contributed by atoms with E-state index in [1.54, 1.807) is 17.1 Å². The number of carbonyl (C=O) groups excluding carboxylic acids is 1. The Labute approximate surface area is 97.5 Å². The molecule has 7 heteroatoms. The zero-order valence-corrected chi connectivity index (χ0v) is 10.2. The standard InChI is InChI=1S/C9H17F3N2OS/c1-7(3-4-16-2)13-5-8(15)14-6-9(10,11)12/h7,13H,3-6H2,1-2H3,(H,14,15). The maximum atomic E-state index is 11.7. The van der Waals surface area contributed by atoms with Gasteiger partial charge in [0.15, 0.2) is 0 Å². The van der Waals surface area contributed by atoms with Gasteiger partial charge >= 0.3 is 6.18 Å². The zero-order chi connectivity index (χ0) is 12.6. The lowest BCUT2D eigenvalue weighted by Crippen LogP contribution is -2.41. The van der Waals surface area contributed by atoms with Crippen LogP contribution in [0.15, 0.2) is 0 Å². The molecule has 0 bridgehead atoms. The summed E-state index contributed by atoms with van der Waals surface area (Å²) in [6, 6.07) is 0.129. The molecule has 0 saturated heterocycles. The van der Waals surface area contributed by atoms with Crippen LogP contribution in [-0.4, -0.2) is 43.2 Å². The lowest BCUT2D eigenvalue weighted by molar-refractivity contribution is -0.137. The van der Waals surface area contributed by atoms with Crippen molar-refractivity contribution < 1.29 is 18.0 Å². The highest BCUT2D eigenvalue weighted by molar-refractivity contribution is 7.98. The van der Waals surface area contributed by atoms with Crippen LogP contribution in [-0.2, 0) is 4.79 Å². The van der Waals surface area contributed by atoms with Gasteiger partial charge in [0.05, 0.1) is 6.54 Å². The van der Waals surface area contributed by atoms with Gasteiger partial charge in [-0.3, -0.25) is 4.79 Å². The molecule has 2 N–H and O–H groups in total. The van der Waals surface area contributed by atoms with Crippen molar-refractivity contribution in [1.29, 1.82) is 0 Å². The quantitative estimate of drug-likeness (QED) is 0.725. The molecule has 0 aromatic carbocycles. The molecule has 0 radical (unpaired) electrons. The molecule has 0 fully saturated rings. The van der Waals surface area contributed by atoms with Gasteiger partial charge in [0.25, 0.3) is 0 Å². The van der Waals surface area contributed by atoms with Crippen molar-refractivity contribution in [3.8, 4) is 0 Å². The number of alkyl halides is 3. The number of nitrogens with one attached hydrogen (secondary N) is 2. The molecule has 0 aliphatic carbocycles. The van der Waals surface area contributed by atoms with Crippen LogP contribution in [0.3, 0.4) is 0 Å². The first-order chi connectivity index (χ1) is 7.35. The molecule has 0 aromatic rings. The molecule has 0 saturated carbocycles. The molecular weight excluding hydrogens is 241 g/mol. The van der Waals surface area contributed by atoms with E-state index in [2.05, 4.69) is 5.32 Å². The lowest BCUT2D eigenvalue weighted by atomic mass is 10.2. The highest BCUT2D eigenvalue weighted by atomic mass is 32.2. The Balaban J connectivity index is 3.57. The fourth-order valence-corrected chi connectivity index (χ4v) is 1.51. The number of carbonyl (C=O) groups is 1. The van der Waals surface area contributed by atoms with Crippen LogP contribution < -0.4 is 10.6 Å². The van der Waals surface area contributed by atoms with Crippen molar-refractivity contribution in [3.63, 3.8) is 0 Å². The Morgan fingerprint density at radius 3 is 2.56 bits per heavy atom. The summed E-state index contributed by atoms with van der Waals surface area (Å²) in [5.41, 5.74) is 0. The molecule has 3 nitrogen and oxygen atoms in total. The molecule has 1 unspecified atom stereocenters. The van der Waals surface area contributed by atoms with Gasteiger partial charge < -0.3 is 10.6 Å². The molecule has 0 heterocycles. The van der Waals surface area contributed by atoms with Crippen molar-refractivity contribution in [2.45, 2.75) is 25.6 Å². The Morgan fingerprint density at radius 2 is 2.06 bits per heavy atom. The van der Waals surface area contributed by atoms with E-state index in [4.69, 9.17) is 0 Å². The average molecular weight is 258 g/mol. The number of rotatable bonds is 7. The molecule has 0 aliphatic rings. The predicted octanol–water partition coefficient (Wildman–Crippen LogP) is 1.40. The van der Waals surface area contributed by atoms with Gasteiger partial charge in [-0.15, -0.1) is 0 Å². The van der Waals surface area contributed by atoms with Gasteiger partial charge in [0.2, 0.25) is 5.91 Å². The van der Waals surface area contributed by atoms with Crippen LogP contribution in [0.4, 0.5) is 13.2 Å². The highest BCUT2D eigenvalue weighted by Crippen LogP contribution is 2.11. The molecular formula is C9H17F3N2OS. The largest absolute Gasteiger partial charge is 0.405 e. The number of hydrogen-bond acceptors (Lipinski definition) is 3. The molecule has 16 heavy (non-hydrogen) atoms. The smallest absolute Gasteiger partial charge is 0.346 e. The number of hydrogen-bond donors (Lipinski definition) is 2. The van der Waals surface area contributed by atoms with Crippen LogP contribution in [0.1, 0.15) is 13.3 Å². The molecule has 1 atom stereocenters. The third kappa shape index (κ3) is 10.1. The minimum atomic E-state index is -4.35. The normalized spacial score (nSPS) is 13.6. The summed E-state index contributed by atoms with van der Waals surface area (Å²) in [6.07, 6.45) is -1.49. The summed E-state index contributed by atoms with van der Waals surface area (Å²) in [4.78, 5) is 11.0. The van der Waals surface area contributed by atoms with Crippen molar-refractivity contribution in [1.82, 2.24) is 10.6 Å². The third-order valence-electron chi connectivity index (χ3n) is 1.85. The van der Waals surface area contributed by atoms with E-state index < -0.39 is 18.6 Å². The van der Waals surface area contributed by atoms with Crippen LogP contribution in [0.25, 0.3) is 0 Å². The average Bonchev–Trinajstić information content (AvgIpc) is 2.19. The Morgan fingerprint density at radius 1 is 1.44 bits per heavy atom. The Hall–Kier alpha value is -0.430. The molecule has 0 aromatic heterocycles. The van der Waals surface area contributed by atoms with Gasteiger partial charge in [-0.25, -0.2) is 0 Å². The van der Waals surface area contributed by atoms with Crippen LogP contribution in [0, 0.1) is 0 Å². The SMILES string of the molecule is CSCCC(C)NCC(=O)NCC(F)(F)F. The first kappa shape index (κ1) is 15.6. The molecule has 0 aliphatic heterocycles. The summed E-state index contributed by atoms with van der Waals surface area (Å²) in [7, 11) is 0. The minimum absolute atomic E-state index is 0.0778. The summed E-state index contributed by atoms with van der Waals surface area (Å²) in [5, 5.41) is 4.66. The summed E-state index contributed by atoms with van der Waals surface area (Å²) in [5.74, 6) is 0.326. The fraction of sp³-hybridized carbons (Fsp3) is 0.889. The van der Waals surface area contributed by atoms with Gasteiger partial charge in [-0.05, 0) is 25.4 Å². The monoisotopic (exact) mass is 258 g/mol. The summed E-state index contributed by atoms with van der Waals surface area (Å²) < 4.78 is 35.2. The van der Waals surface area contributed by atoms with Gasteiger partial charge in [-0.1, -0.05) is 0 Å². The van der Waals surface area contributed by atoms with Crippen LogP contribution >= 0.6 is 11.8 Å². The Bertz CT molecular complexity index is 211.